The van der Waals surface area contributed by atoms with Gasteiger partial charge in [-0.25, -0.2) is 0 Å². The first-order valence-electron chi connectivity index (χ1n) is 10.3. The molecule has 6 rings (SSSR count). The Bertz CT molecular complexity index is 671. The predicted molar refractivity (Wildman–Crippen MR) is 90.9 cm³/mol. The van der Waals surface area contributed by atoms with Gasteiger partial charge in [0.25, 0.3) is 0 Å². The Morgan fingerprint density at radius 2 is 2.00 bits per heavy atom. The second kappa shape index (κ2) is 4.11. The Kier molecular flexibility index (Phi) is 2.54. The summed E-state index contributed by atoms with van der Waals surface area (Å²) in [5, 5.41) is 0. The largest absolute Gasteiger partial charge is 0.469 e. The Morgan fingerprint density at radius 1 is 1.20 bits per heavy atom. The molecule has 0 amide bonds. The van der Waals surface area contributed by atoms with Gasteiger partial charge in [0.05, 0.1) is 30.8 Å². The molecule has 2 heterocycles. The number of carbonyl (C=O) groups excluding carboxylic acids is 1. The third kappa shape index (κ3) is 1.43. The van der Waals surface area contributed by atoms with Crippen LogP contribution < -0.4 is 0 Å². The van der Waals surface area contributed by atoms with E-state index in [9.17, 15) is 4.79 Å². The highest BCUT2D eigenvalue weighted by Gasteiger charge is 2.87. The molecule has 0 unspecified atom stereocenters. The van der Waals surface area contributed by atoms with Crippen molar-refractivity contribution in [2.45, 2.75) is 82.5 Å². The molecule has 0 aromatic carbocycles. The molecule has 0 radical (unpaired) electrons. The van der Waals surface area contributed by atoms with E-state index in [1.165, 1.54) is 32.1 Å². The lowest BCUT2D eigenvalue weighted by atomic mass is 9.40. The fourth-order valence-electron chi connectivity index (χ4n) is 8.93. The Hall–Kier alpha value is -0.610. The summed E-state index contributed by atoms with van der Waals surface area (Å²) >= 11 is 0. The summed E-state index contributed by atoms with van der Waals surface area (Å²) < 4.78 is 18.0. The smallest absolute Gasteiger partial charge is 0.311 e. The zero-order valence-corrected chi connectivity index (χ0v) is 15.7. The average Bonchev–Trinajstić information content (AvgIpc) is 3.46. The van der Waals surface area contributed by atoms with Gasteiger partial charge in [0.1, 0.15) is 5.60 Å². The lowest BCUT2D eigenvalue weighted by Crippen LogP contribution is -2.64. The number of carbonyl (C=O) groups is 1. The molecule has 4 nitrogen and oxygen atoms in total. The first-order valence-corrected chi connectivity index (χ1v) is 10.3. The monoisotopic (exact) mass is 346 g/mol. The quantitative estimate of drug-likeness (QED) is 0.539. The van der Waals surface area contributed by atoms with Crippen molar-refractivity contribution >= 4 is 5.97 Å². The molecule has 0 N–H and O–H groups in total. The standard InChI is InChI=1S/C21H30O4/c1-17(16(22)23-3)6-4-7-18(2)14(17)5-8-19-10-13(20(11-19)12-24-20)9-15-21(18,19)25-15/h13-15H,4-12H2,1-3H3/t13-,14-,15+,17-,18-,19+,20-,21-/m1/s1. The minimum Gasteiger partial charge on any atom is -0.469 e. The summed E-state index contributed by atoms with van der Waals surface area (Å²) in [7, 11) is 1.55. The van der Waals surface area contributed by atoms with Crippen molar-refractivity contribution in [2.24, 2.45) is 28.1 Å². The highest BCUT2D eigenvalue weighted by Crippen LogP contribution is 2.82. The van der Waals surface area contributed by atoms with E-state index in [4.69, 9.17) is 14.2 Å². The molecule has 25 heavy (non-hydrogen) atoms. The van der Waals surface area contributed by atoms with E-state index in [-0.39, 0.29) is 28.0 Å². The third-order valence-electron chi connectivity index (χ3n) is 9.89. The van der Waals surface area contributed by atoms with Gasteiger partial charge in [-0.3, -0.25) is 4.79 Å². The lowest BCUT2D eigenvalue weighted by Gasteiger charge is -2.62. The number of rotatable bonds is 1. The third-order valence-corrected chi connectivity index (χ3v) is 9.89. The Balaban J connectivity index is 1.46. The normalized spacial score (nSPS) is 63.4. The summed E-state index contributed by atoms with van der Waals surface area (Å²) in [4.78, 5) is 12.8. The van der Waals surface area contributed by atoms with E-state index in [2.05, 4.69) is 13.8 Å². The van der Waals surface area contributed by atoms with Crippen molar-refractivity contribution in [2.75, 3.05) is 13.7 Å². The maximum absolute atomic E-state index is 12.8. The van der Waals surface area contributed by atoms with Gasteiger partial charge in [-0.15, -0.1) is 0 Å². The molecule has 3 spiro atoms. The van der Waals surface area contributed by atoms with Crippen LogP contribution >= 0.6 is 0 Å². The SMILES string of the molecule is COC(=O)[C@]1(C)CCC[C@]2(C)[C@@H]1CC[C@@]13C[C@@H](C[C@@H]4O[C@@]412)[C@]1(CO1)C3. The Labute approximate surface area is 150 Å². The van der Waals surface area contributed by atoms with E-state index in [0.717, 1.165) is 25.9 Å². The fraction of sp³-hybridized carbons (Fsp3) is 0.952. The van der Waals surface area contributed by atoms with E-state index in [0.29, 0.717) is 23.4 Å². The van der Waals surface area contributed by atoms with Gasteiger partial charge in [-0.05, 0) is 63.7 Å². The maximum atomic E-state index is 12.8. The maximum Gasteiger partial charge on any atom is 0.311 e. The van der Waals surface area contributed by atoms with E-state index in [1.54, 1.807) is 7.11 Å². The first kappa shape index (κ1) is 15.4. The van der Waals surface area contributed by atoms with Crippen LogP contribution in [0.25, 0.3) is 0 Å². The molecule has 0 aromatic rings. The van der Waals surface area contributed by atoms with Crippen molar-refractivity contribution in [3.63, 3.8) is 0 Å². The molecule has 4 saturated carbocycles. The van der Waals surface area contributed by atoms with Crippen molar-refractivity contribution < 1.29 is 19.0 Å². The Morgan fingerprint density at radius 3 is 2.72 bits per heavy atom. The number of ether oxygens (including phenoxy) is 3. The summed E-state index contributed by atoms with van der Waals surface area (Å²) in [6.07, 6.45) is 9.70. The van der Waals surface area contributed by atoms with Crippen molar-refractivity contribution in [3.8, 4) is 0 Å². The molecule has 6 fully saturated rings. The topological polar surface area (TPSA) is 51.4 Å². The number of methoxy groups -OCH3 is 1. The summed E-state index contributed by atoms with van der Waals surface area (Å²) in [5.41, 5.74) is 0.259. The molecule has 4 heteroatoms. The van der Waals surface area contributed by atoms with Gasteiger partial charge >= 0.3 is 5.97 Å². The van der Waals surface area contributed by atoms with Crippen molar-refractivity contribution in [1.82, 2.24) is 0 Å². The molecule has 2 aliphatic heterocycles. The number of epoxide rings is 2. The van der Waals surface area contributed by atoms with E-state index < -0.39 is 0 Å². The van der Waals surface area contributed by atoms with E-state index in [1.807, 2.05) is 0 Å². The highest BCUT2D eigenvalue weighted by molar-refractivity contribution is 5.77. The second-order valence-corrected chi connectivity index (χ2v) is 10.6. The van der Waals surface area contributed by atoms with Crippen molar-refractivity contribution in [3.05, 3.63) is 0 Å². The molecule has 2 saturated heterocycles. The summed E-state index contributed by atoms with van der Waals surface area (Å²) in [5.74, 6) is 1.09. The minimum absolute atomic E-state index is 0.00453. The zero-order valence-electron chi connectivity index (χ0n) is 15.7. The summed E-state index contributed by atoms with van der Waals surface area (Å²) in [6.45, 7) is 5.60. The van der Waals surface area contributed by atoms with Gasteiger partial charge in [-0.2, -0.15) is 0 Å². The highest BCUT2D eigenvalue weighted by atomic mass is 16.6. The zero-order chi connectivity index (χ0) is 17.3. The first-order chi connectivity index (χ1) is 11.9. The van der Waals surface area contributed by atoms with E-state index >= 15 is 0 Å². The van der Waals surface area contributed by atoms with Crippen molar-refractivity contribution in [1.29, 1.82) is 0 Å². The van der Waals surface area contributed by atoms with Gasteiger partial charge in [0, 0.05) is 10.8 Å². The summed E-state index contributed by atoms with van der Waals surface area (Å²) in [6, 6.07) is 0. The van der Waals surface area contributed by atoms with Crippen LogP contribution in [-0.4, -0.2) is 37.0 Å². The van der Waals surface area contributed by atoms with Crippen LogP contribution in [0.2, 0.25) is 0 Å². The van der Waals surface area contributed by atoms with Crippen LogP contribution in [0.4, 0.5) is 0 Å². The molecule has 6 aliphatic rings. The van der Waals surface area contributed by atoms with Gasteiger partial charge < -0.3 is 14.2 Å². The number of hydrogen-bond donors (Lipinski definition) is 0. The van der Waals surface area contributed by atoms with Gasteiger partial charge in [-0.1, -0.05) is 13.3 Å². The number of fused-ring (bicyclic) bond motifs is 3. The van der Waals surface area contributed by atoms with Gasteiger partial charge in [0.2, 0.25) is 0 Å². The predicted octanol–water partition coefficient (Wildman–Crippen LogP) is 3.47. The minimum atomic E-state index is -0.349. The van der Waals surface area contributed by atoms with Crippen LogP contribution in [0.15, 0.2) is 0 Å². The lowest BCUT2D eigenvalue weighted by molar-refractivity contribution is -0.185. The molecule has 8 atom stereocenters. The molecule has 4 aliphatic carbocycles. The van der Waals surface area contributed by atoms with Gasteiger partial charge in [0.15, 0.2) is 0 Å². The van der Waals surface area contributed by atoms with Crippen LogP contribution in [-0.2, 0) is 19.0 Å². The van der Waals surface area contributed by atoms with Crippen LogP contribution in [0.3, 0.4) is 0 Å². The fourth-order valence-corrected chi connectivity index (χ4v) is 8.93. The number of hydrogen-bond acceptors (Lipinski definition) is 4. The molecular formula is C21H30O4. The van der Waals surface area contributed by atoms with Crippen LogP contribution in [0.1, 0.15) is 65.2 Å². The second-order valence-electron chi connectivity index (χ2n) is 10.6. The van der Waals surface area contributed by atoms with Crippen LogP contribution in [0.5, 0.6) is 0 Å². The molecule has 138 valence electrons. The molecular weight excluding hydrogens is 316 g/mol. The number of esters is 1. The average molecular weight is 346 g/mol. The molecule has 2 bridgehead atoms. The van der Waals surface area contributed by atoms with Crippen LogP contribution in [0, 0.1) is 28.1 Å². The molecule has 0 aromatic heterocycles.